The molecule has 140 valence electrons. The smallest absolute Gasteiger partial charge is 0.235 e. The predicted molar refractivity (Wildman–Crippen MR) is 110 cm³/mol. The molecule has 0 saturated heterocycles. The lowest BCUT2D eigenvalue weighted by atomic mass is 10.0. The summed E-state index contributed by atoms with van der Waals surface area (Å²) in [5, 5.41) is 3.50. The van der Waals surface area contributed by atoms with Gasteiger partial charge in [-0.15, -0.1) is 29.3 Å². The molecule has 5 nitrogen and oxygen atoms in total. The summed E-state index contributed by atoms with van der Waals surface area (Å²) in [6.45, 7) is 6.16. The van der Waals surface area contributed by atoms with E-state index in [0.29, 0.717) is 6.54 Å². The van der Waals surface area contributed by atoms with Gasteiger partial charge in [0.25, 0.3) is 0 Å². The lowest BCUT2D eigenvalue weighted by Gasteiger charge is -2.17. The summed E-state index contributed by atoms with van der Waals surface area (Å²) in [4.78, 5) is 25.3. The molecule has 0 radical (unpaired) electrons. The van der Waals surface area contributed by atoms with Crippen molar-refractivity contribution in [1.82, 2.24) is 9.97 Å². The first kappa shape index (κ1) is 18.1. The molecule has 0 unspecified atom stereocenters. The van der Waals surface area contributed by atoms with Crippen molar-refractivity contribution in [3.8, 4) is 10.8 Å². The van der Waals surface area contributed by atoms with Crippen LogP contribution in [0.3, 0.4) is 0 Å². The van der Waals surface area contributed by atoms with Crippen LogP contribution < -0.4 is 4.90 Å². The van der Waals surface area contributed by atoms with Crippen LogP contribution in [0, 0.1) is 6.92 Å². The number of fused-ring (bicyclic) bond motifs is 1. The summed E-state index contributed by atoms with van der Waals surface area (Å²) in [5.41, 5.74) is 1.91. The number of aromatic nitrogens is 2. The predicted octanol–water partition coefficient (Wildman–Crippen LogP) is 4.81. The van der Waals surface area contributed by atoms with Crippen molar-refractivity contribution >= 4 is 33.7 Å². The van der Waals surface area contributed by atoms with Crippen molar-refractivity contribution in [2.45, 2.75) is 39.0 Å². The monoisotopic (exact) mass is 399 g/mol. The van der Waals surface area contributed by atoms with E-state index in [0.717, 1.165) is 45.9 Å². The Bertz CT molecular complexity index is 946. The zero-order valence-corrected chi connectivity index (χ0v) is 16.9. The van der Waals surface area contributed by atoms with Gasteiger partial charge in [0.2, 0.25) is 5.91 Å². The summed E-state index contributed by atoms with van der Waals surface area (Å²) in [7, 11) is 0. The topological polar surface area (TPSA) is 59.2 Å². The van der Waals surface area contributed by atoms with Crippen LogP contribution in [-0.4, -0.2) is 22.4 Å². The molecule has 3 heterocycles. The zero-order chi connectivity index (χ0) is 18.8. The molecule has 4 rings (SSSR count). The normalized spacial score (nSPS) is 13.4. The molecule has 0 spiro atoms. The molecule has 27 heavy (non-hydrogen) atoms. The molecule has 7 heteroatoms. The number of nitrogens with zero attached hydrogens (tertiary/aromatic N) is 3. The maximum absolute atomic E-state index is 13.0. The van der Waals surface area contributed by atoms with E-state index in [1.165, 1.54) is 29.1 Å². The Morgan fingerprint density at radius 3 is 2.93 bits per heavy atom. The van der Waals surface area contributed by atoms with E-state index in [-0.39, 0.29) is 12.3 Å². The number of rotatable bonds is 6. The third kappa shape index (κ3) is 3.89. The van der Waals surface area contributed by atoms with Crippen LogP contribution in [0.25, 0.3) is 10.8 Å². The Morgan fingerprint density at radius 2 is 2.19 bits per heavy atom. The van der Waals surface area contributed by atoms with Crippen molar-refractivity contribution in [2.24, 2.45) is 0 Å². The van der Waals surface area contributed by atoms with E-state index in [4.69, 9.17) is 9.40 Å². The van der Waals surface area contributed by atoms with Gasteiger partial charge in [-0.05, 0) is 44.7 Å². The first-order chi connectivity index (χ1) is 13.1. The molecular formula is C20H21N3O2S2. The quantitative estimate of drug-likeness (QED) is 0.558. The number of amides is 1. The highest BCUT2D eigenvalue weighted by atomic mass is 32.1. The number of carbonyl (C=O) groups excluding carboxylic acids is 1. The van der Waals surface area contributed by atoms with Gasteiger partial charge in [-0.3, -0.25) is 9.69 Å². The Balaban J connectivity index is 1.52. The SMILES string of the molecule is C=CCN(C(=O)Cc1csc(-c2ccc(C)o2)n1)c1nc2c(s1)CCCC2. The fourth-order valence-corrected chi connectivity index (χ4v) is 5.12. The summed E-state index contributed by atoms with van der Waals surface area (Å²) in [6.07, 6.45) is 6.46. The van der Waals surface area contributed by atoms with Gasteiger partial charge < -0.3 is 4.42 Å². The van der Waals surface area contributed by atoms with Gasteiger partial charge in [-0.1, -0.05) is 6.08 Å². The van der Waals surface area contributed by atoms with Gasteiger partial charge in [-0.25, -0.2) is 9.97 Å². The fraction of sp³-hybridized carbons (Fsp3) is 0.350. The summed E-state index contributed by atoms with van der Waals surface area (Å²) in [5.74, 6) is 1.59. The molecule has 0 fully saturated rings. The molecule has 0 bridgehead atoms. The van der Waals surface area contributed by atoms with Gasteiger partial charge in [0.05, 0.1) is 17.8 Å². The van der Waals surface area contributed by atoms with Crippen molar-refractivity contribution < 1.29 is 9.21 Å². The lowest BCUT2D eigenvalue weighted by molar-refractivity contribution is -0.117. The zero-order valence-electron chi connectivity index (χ0n) is 15.2. The van der Waals surface area contributed by atoms with Crippen LogP contribution in [0.5, 0.6) is 0 Å². The maximum atomic E-state index is 13.0. The minimum Gasteiger partial charge on any atom is -0.459 e. The van der Waals surface area contributed by atoms with Crippen LogP contribution in [0.1, 0.15) is 34.9 Å². The second kappa shape index (κ2) is 7.78. The Kier molecular flexibility index (Phi) is 5.22. The third-order valence-electron chi connectivity index (χ3n) is 4.51. The molecule has 1 amide bonds. The molecule has 1 aliphatic carbocycles. The number of aryl methyl sites for hydroxylation is 3. The Hall–Kier alpha value is -2.25. The molecule has 0 saturated carbocycles. The van der Waals surface area contributed by atoms with E-state index in [2.05, 4.69) is 11.6 Å². The molecular weight excluding hydrogens is 378 g/mol. The molecule has 3 aromatic heterocycles. The number of carbonyl (C=O) groups is 1. The summed E-state index contributed by atoms with van der Waals surface area (Å²) >= 11 is 3.13. The van der Waals surface area contributed by atoms with E-state index >= 15 is 0 Å². The number of thiazole rings is 2. The molecule has 0 aromatic carbocycles. The van der Waals surface area contributed by atoms with Crippen molar-refractivity contribution in [3.63, 3.8) is 0 Å². The third-order valence-corrected chi connectivity index (χ3v) is 6.60. The first-order valence-corrected chi connectivity index (χ1v) is 10.7. The summed E-state index contributed by atoms with van der Waals surface area (Å²) < 4.78 is 5.62. The minimum atomic E-state index is -0.00604. The van der Waals surface area contributed by atoms with E-state index < -0.39 is 0 Å². The largest absolute Gasteiger partial charge is 0.459 e. The highest BCUT2D eigenvalue weighted by Crippen LogP contribution is 2.32. The molecule has 0 aliphatic heterocycles. The lowest BCUT2D eigenvalue weighted by Crippen LogP contribution is -2.32. The average Bonchev–Trinajstić information content (AvgIpc) is 3.38. The van der Waals surface area contributed by atoms with Gasteiger partial charge in [0.1, 0.15) is 5.76 Å². The summed E-state index contributed by atoms with van der Waals surface area (Å²) in [6, 6.07) is 3.82. The van der Waals surface area contributed by atoms with E-state index in [1.807, 2.05) is 24.4 Å². The molecule has 0 atom stereocenters. The van der Waals surface area contributed by atoms with Crippen molar-refractivity contribution in [1.29, 1.82) is 0 Å². The Morgan fingerprint density at radius 1 is 1.33 bits per heavy atom. The minimum absolute atomic E-state index is 0.00604. The first-order valence-electron chi connectivity index (χ1n) is 9.05. The van der Waals surface area contributed by atoms with Gasteiger partial charge in [0.15, 0.2) is 15.9 Å². The molecule has 0 N–H and O–H groups in total. The average molecular weight is 400 g/mol. The molecule has 3 aromatic rings. The second-order valence-corrected chi connectivity index (χ2v) is 8.52. The van der Waals surface area contributed by atoms with Crippen LogP contribution >= 0.6 is 22.7 Å². The van der Waals surface area contributed by atoms with Crippen LogP contribution in [-0.2, 0) is 24.1 Å². The highest BCUT2D eigenvalue weighted by molar-refractivity contribution is 7.16. The number of anilines is 1. The van der Waals surface area contributed by atoms with Crippen LogP contribution in [0.4, 0.5) is 5.13 Å². The van der Waals surface area contributed by atoms with Crippen molar-refractivity contribution in [2.75, 3.05) is 11.4 Å². The maximum Gasteiger partial charge on any atom is 0.235 e. The Labute approximate surface area is 166 Å². The molecule has 1 aliphatic rings. The van der Waals surface area contributed by atoms with Gasteiger partial charge in [-0.2, -0.15) is 0 Å². The van der Waals surface area contributed by atoms with Crippen LogP contribution in [0.15, 0.2) is 34.6 Å². The second-order valence-electron chi connectivity index (χ2n) is 6.60. The number of furan rings is 1. The standard InChI is InChI=1S/C20H21N3O2S2/c1-3-10-23(20-22-15-6-4-5-7-17(15)27-20)18(24)11-14-12-26-19(21-14)16-9-8-13(2)25-16/h3,8-9,12H,1,4-7,10-11H2,2H3. The van der Waals surface area contributed by atoms with Gasteiger partial charge >= 0.3 is 0 Å². The van der Waals surface area contributed by atoms with Crippen LogP contribution in [0.2, 0.25) is 0 Å². The van der Waals surface area contributed by atoms with E-state index in [9.17, 15) is 4.79 Å². The van der Waals surface area contributed by atoms with E-state index in [1.54, 1.807) is 22.3 Å². The van der Waals surface area contributed by atoms with Gasteiger partial charge in [0, 0.05) is 16.8 Å². The fourth-order valence-electron chi connectivity index (χ4n) is 3.17. The van der Waals surface area contributed by atoms with Crippen molar-refractivity contribution in [3.05, 3.63) is 52.2 Å². The number of hydrogen-bond donors (Lipinski definition) is 0. The number of hydrogen-bond acceptors (Lipinski definition) is 6. The highest BCUT2D eigenvalue weighted by Gasteiger charge is 2.23.